The van der Waals surface area contributed by atoms with Gasteiger partial charge in [-0.15, -0.1) is 0 Å². The fraction of sp³-hybridized carbons (Fsp3) is 0.579. The van der Waals surface area contributed by atoms with Gasteiger partial charge in [0.05, 0.1) is 18.0 Å². The maximum Gasteiger partial charge on any atom is 0.0801 e. The van der Waals surface area contributed by atoms with Gasteiger partial charge in [0, 0.05) is 56.7 Å². The van der Waals surface area contributed by atoms with Gasteiger partial charge in [-0.05, 0) is 37.8 Å². The largest absolute Gasteiger partial charge is 0.381 e. The SMILES string of the molecule is CCOC[C@H]1CN(Cc2ccccn2)Cc2nn(CC3CC3)cc21. The van der Waals surface area contributed by atoms with Crippen molar-refractivity contribution in [3.8, 4) is 0 Å². The average molecular weight is 326 g/mol. The summed E-state index contributed by atoms with van der Waals surface area (Å²) in [7, 11) is 0. The van der Waals surface area contributed by atoms with Crippen molar-refractivity contribution in [2.45, 2.75) is 45.3 Å². The summed E-state index contributed by atoms with van der Waals surface area (Å²) >= 11 is 0. The maximum absolute atomic E-state index is 5.75. The normalized spacial score (nSPS) is 21.0. The molecule has 3 heterocycles. The van der Waals surface area contributed by atoms with Crippen LogP contribution in [0, 0.1) is 5.92 Å². The van der Waals surface area contributed by atoms with Gasteiger partial charge in [0.25, 0.3) is 0 Å². The van der Waals surface area contributed by atoms with Crippen LogP contribution in [0.15, 0.2) is 30.6 Å². The van der Waals surface area contributed by atoms with Gasteiger partial charge in [0.15, 0.2) is 0 Å². The highest BCUT2D eigenvalue weighted by Crippen LogP contribution is 2.33. The number of ether oxygens (including phenoxy) is 1. The van der Waals surface area contributed by atoms with E-state index in [1.54, 1.807) is 0 Å². The van der Waals surface area contributed by atoms with Gasteiger partial charge in [-0.3, -0.25) is 14.6 Å². The Kier molecular flexibility index (Phi) is 4.63. The van der Waals surface area contributed by atoms with E-state index in [1.807, 2.05) is 12.3 Å². The molecule has 0 unspecified atom stereocenters. The molecule has 1 aliphatic heterocycles. The lowest BCUT2D eigenvalue weighted by Gasteiger charge is -2.31. The van der Waals surface area contributed by atoms with Crippen molar-refractivity contribution in [3.05, 3.63) is 47.5 Å². The predicted molar refractivity (Wildman–Crippen MR) is 92.5 cm³/mol. The highest BCUT2D eigenvalue weighted by Gasteiger charge is 2.30. The fourth-order valence-electron chi connectivity index (χ4n) is 3.53. The van der Waals surface area contributed by atoms with Crippen LogP contribution in [0.1, 0.15) is 42.6 Å². The lowest BCUT2D eigenvalue weighted by atomic mass is 9.95. The first-order chi connectivity index (χ1) is 11.8. The van der Waals surface area contributed by atoms with E-state index in [0.29, 0.717) is 5.92 Å². The Morgan fingerprint density at radius 2 is 2.21 bits per heavy atom. The molecule has 0 amide bonds. The lowest BCUT2D eigenvalue weighted by Crippen LogP contribution is -2.35. The van der Waals surface area contributed by atoms with E-state index in [4.69, 9.17) is 9.84 Å². The molecule has 4 rings (SSSR count). The third kappa shape index (κ3) is 3.68. The van der Waals surface area contributed by atoms with Crippen LogP contribution < -0.4 is 0 Å². The third-order valence-corrected chi connectivity index (χ3v) is 4.94. The van der Waals surface area contributed by atoms with Gasteiger partial charge >= 0.3 is 0 Å². The van der Waals surface area contributed by atoms with Crippen LogP contribution in [-0.4, -0.2) is 39.4 Å². The quantitative estimate of drug-likeness (QED) is 0.785. The molecule has 5 nitrogen and oxygen atoms in total. The monoisotopic (exact) mass is 326 g/mol. The molecule has 24 heavy (non-hydrogen) atoms. The number of aromatic nitrogens is 3. The summed E-state index contributed by atoms with van der Waals surface area (Å²) in [5.74, 6) is 1.26. The minimum absolute atomic E-state index is 0.408. The molecular weight excluding hydrogens is 300 g/mol. The zero-order valence-electron chi connectivity index (χ0n) is 14.4. The van der Waals surface area contributed by atoms with Gasteiger partial charge in [-0.1, -0.05) is 6.07 Å². The minimum Gasteiger partial charge on any atom is -0.381 e. The molecule has 0 aromatic carbocycles. The van der Waals surface area contributed by atoms with Crippen LogP contribution in [0.2, 0.25) is 0 Å². The second-order valence-electron chi connectivity index (χ2n) is 7.04. The molecule has 1 aliphatic carbocycles. The summed E-state index contributed by atoms with van der Waals surface area (Å²) < 4.78 is 7.92. The second-order valence-corrected chi connectivity index (χ2v) is 7.04. The predicted octanol–water partition coefficient (Wildman–Crippen LogP) is 2.82. The van der Waals surface area contributed by atoms with Crippen LogP contribution in [0.5, 0.6) is 0 Å². The van der Waals surface area contributed by atoms with Crippen molar-refractivity contribution < 1.29 is 4.74 Å². The standard InChI is InChI=1S/C19H26N4O/c1-2-24-14-16-10-22(11-17-5-3-4-8-20-17)13-19-18(16)12-23(21-19)9-15-6-7-15/h3-5,8,12,15-16H,2,6-7,9-11,13-14H2,1H3/t16-/m1/s1. The van der Waals surface area contributed by atoms with Crippen molar-refractivity contribution in [1.29, 1.82) is 0 Å². The topological polar surface area (TPSA) is 43.2 Å². The highest BCUT2D eigenvalue weighted by atomic mass is 16.5. The van der Waals surface area contributed by atoms with Gasteiger partial charge in [0.2, 0.25) is 0 Å². The molecule has 1 fully saturated rings. The smallest absolute Gasteiger partial charge is 0.0801 e. The summed E-state index contributed by atoms with van der Waals surface area (Å²) in [5, 5.41) is 4.88. The Hall–Kier alpha value is -1.72. The van der Waals surface area contributed by atoms with E-state index in [1.165, 1.54) is 24.1 Å². The second kappa shape index (κ2) is 7.03. The summed E-state index contributed by atoms with van der Waals surface area (Å²) in [6, 6.07) is 6.12. The van der Waals surface area contributed by atoms with Crippen molar-refractivity contribution in [2.24, 2.45) is 5.92 Å². The Morgan fingerprint density at radius 3 is 2.96 bits per heavy atom. The molecule has 0 spiro atoms. The van der Waals surface area contributed by atoms with E-state index in [9.17, 15) is 0 Å². The summed E-state index contributed by atoms with van der Waals surface area (Å²) in [6.07, 6.45) is 6.86. The van der Waals surface area contributed by atoms with Crippen LogP contribution in [0.3, 0.4) is 0 Å². The van der Waals surface area contributed by atoms with Gasteiger partial charge in [-0.25, -0.2) is 0 Å². The molecule has 128 valence electrons. The Balaban J connectivity index is 1.51. The number of nitrogens with zero attached hydrogens (tertiary/aromatic N) is 4. The minimum atomic E-state index is 0.408. The van der Waals surface area contributed by atoms with E-state index in [2.05, 4.69) is 39.8 Å². The first-order valence-electron chi connectivity index (χ1n) is 9.08. The zero-order chi connectivity index (χ0) is 16.4. The molecule has 5 heteroatoms. The van der Waals surface area contributed by atoms with Gasteiger partial charge < -0.3 is 4.74 Å². The summed E-state index contributed by atoms with van der Waals surface area (Å²) in [6.45, 7) is 7.48. The lowest BCUT2D eigenvalue weighted by molar-refractivity contribution is 0.104. The number of hydrogen-bond acceptors (Lipinski definition) is 4. The molecule has 1 saturated carbocycles. The Labute approximate surface area is 143 Å². The molecular formula is C19H26N4O. The van der Waals surface area contributed by atoms with E-state index in [-0.39, 0.29) is 0 Å². The third-order valence-electron chi connectivity index (χ3n) is 4.94. The number of fused-ring (bicyclic) bond motifs is 1. The summed E-state index contributed by atoms with van der Waals surface area (Å²) in [4.78, 5) is 6.92. The number of pyridine rings is 1. The van der Waals surface area contributed by atoms with Crippen LogP contribution >= 0.6 is 0 Å². The van der Waals surface area contributed by atoms with Crippen LogP contribution in [0.4, 0.5) is 0 Å². The van der Waals surface area contributed by atoms with Gasteiger partial charge in [-0.2, -0.15) is 5.10 Å². The van der Waals surface area contributed by atoms with Gasteiger partial charge in [0.1, 0.15) is 0 Å². The van der Waals surface area contributed by atoms with Crippen molar-refractivity contribution in [3.63, 3.8) is 0 Å². The molecule has 2 aromatic rings. The molecule has 2 aliphatic rings. The zero-order valence-corrected chi connectivity index (χ0v) is 14.4. The average Bonchev–Trinajstić information content (AvgIpc) is 3.31. The van der Waals surface area contributed by atoms with E-state index >= 15 is 0 Å². The molecule has 2 aromatic heterocycles. The first-order valence-corrected chi connectivity index (χ1v) is 9.08. The van der Waals surface area contributed by atoms with Crippen molar-refractivity contribution in [1.82, 2.24) is 19.7 Å². The maximum atomic E-state index is 5.75. The molecule has 0 radical (unpaired) electrons. The Morgan fingerprint density at radius 1 is 1.29 bits per heavy atom. The summed E-state index contributed by atoms with van der Waals surface area (Å²) in [5.41, 5.74) is 3.73. The number of hydrogen-bond donors (Lipinski definition) is 0. The first kappa shape index (κ1) is 15.8. The van der Waals surface area contributed by atoms with E-state index in [0.717, 1.165) is 51.0 Å². The molecule has 0 bridgehead atoms. The van der Waals surface area contributed by atoms with E-state index < -0.39 is 0 Å². The Bertz CT molecular complexity index is 665. The van der Waals surface area contributed by atoms with Crippen molar-refractivity contribution >= 4 is 0 Å². The fourth-order valence-corrected chi connectivity index (χ4v) is 3.53. The molecule has 1 atom stereocenters. The van der Waals surface area contributed by atoms with Crippen molar-refractivity contribution in [2.75, 3.05) is 19.8 Å². The highest BCUT2D eigenvalue weighted by molar-refractivity contribution is 5.26. The number of rotatable bonds is 7. The van der Waals surface area contributed by atoms with Crippen LogP contribution in [-0.2, 0) is 24.4 Å². The van der Waals surface area contributed by atoms with Crippen LogP contribution in [0.25, 0.3) is 0 Å². The molecule has 0 N–H and O–H groups in total. The molecule has 0 saturated heterocycles.